The second kappa shape index (κ2) is 11.7. The van der Waals surface area contributed by atoms with E-state index in [9.17, 15) is 14.4 Å². The minimum atomic E-state index is -0.718. The number of carbonyl (C=O) groups is 3. The minimum Gasteiger partial charge on any atom is -0.396 e. The van der Waals surface area contributed by atoms with Gasteiger partial charge in [-0.1, -0.05) is 57.4 Å². The highest BCUT2D eigenvalue weighted by atomic mass is 32.2. The summed E-state index contributed by atoms with van der Waals surface area (Å²) >= 11 is 1.67. The molecular weight excluding hydrogens is 474 g/mol. The lowest BCUT2D eigenvalue weighted by Gasteiger charge is -2.37. The van der Waals surface area contributed by atoms with Gasteiger partial charge in [0.2, 0.25) is 17.7 Å². The fourth-order valence-electron chi connectivity index (χ4n) is 6.64. The van der Waals surface area contributed by atoms with Gasteiger partial charge in [-0.3, -0.25) is 14.4 Å². The largest absolute Gasteiger partial charge is 0.396 e. The van der Waals surface area contributed by atoms with Gasteiger partial charge in [0.25, 0.3) is 0 Å². The van der Waals surface area contributed by atoms with Gasteiger partial charge in [-0.2, -0.15) is 0 Å². The van der Waals surface area contributed by atoms with E-state index in [1.54, 1.807) is 11.8 Å². The summed E-state index contributed by atoms with van der Waals surface area (Å²) in [6.45, 7) is 8.80. The zero-order valence-electron chi connectivity index (χ0n) is 22.1. The Morgan fingerprint density at radius 2 is 1.78 bits per heavy atom. The lowest BCUT2D eigenvalue weighted by atomic mass is 9.78. The van der Waals surface area contributed by atoms with Crippen LogP contribution in [0.2, 0.25) is 0 Å². The Morgan fingerprint density at radius 3 is 2.50 bits per heavy atom. The standard InChI is InChI=1S/C28H43N3O4S/c1-4-12-20(3)30-18-11-14-28-23(22-21(36-28)13-10-16-29(15-5-2)25(22)33)26(34)31(24(28)27(30)35)17-8-6-7-9-19-32/h10-11,13-14,20-24,32H,4-9,12,15-19H2,1-3H3/t20?,21-,22+,23-,24?,28-/m0/s1. The number of amides is 3. The molecule has 1 N–H and O–H groups in total. The third-order valence-corrected chi connectivity index (χ3v) is 10.1. The van der Waals surface area contributed by atoms with Gasteiger partial charge in [0.05, 0.1) is 16.6 Å². The van der Waals surface area contributed by atoms with Gasteiger partial charge < -0.3 is 19.8 Å². The van der Waals surface area contributed by atoms with Gasteiger partial charge in [-0.25, -0.2) is 0 Å². The second-order valence-corrected chi connectivity index (χ2v) is 12.2. The number of carbonyl (C=O) groups excluding carboxylic acids is 3. The minimum absolute atomic E-state index is 0.0259. The Hall–Kier alpha value is -1.80. The summed E-state index contributed by atoms with van der Waals surface area (Å²) in [6, 6.07) is -0.482. The van der Waals surface area contributed by atoms with E-state index in [4.69, 9.17) is 5.11 Å². The molecule has 0 aliphatic carbocycles. The van der Waals surface area contributed by atoms with Crippen molar-refractivity contribution in [1.29, 1.82) is 0 Å². The van der Waals surface area contributed by atoms with E-state index in [1.807, 2.05) is 14.7 Å². The number of hydrogen-bond acceptors (Lipinski definition) is 5. The van der Waals surface area contributed by atoms with Crippen molar-refractivity contribution in [1.82, 2.24) is 14.7 Å². The Bertz CT molecular complexity index is 892. The van der Waals surface area contributed by atoms with E-state index >= 15 is 0 Å². The van der Waals surface area contributed by atoms with Gasteiger partial charge in [0.15, 0.2) is 0 Å². The van der Waals surface area contributed by atoms with Crippen LogP contribution in [0.15, 0.2) is 24.3 Å². The molecule has 0 saturated carbocycles. The summed E-state index contributed by atoms with van der Waals surface area (Å²) in [7, 11) is 0. The maximum absolute atomic E-state index is 14.2. The predicted octanol–water partition coefficient (Wildman–Crippen LogP) is 3.23. The smallest absolute Gasteiger partial charge is 0.247 e. The van der Waals surface area contributed by atoms with Crippen LogP contribution in [0.5, 0.6) is 0 Å². The first-order chi connectivity index (χ1) is 17.4. The van der Waals surface area contributed by atoms with E-state index in [-0.39, 0.29) is 35.6 Å². The van der Waals surface area contributed by atoms with Crippen molar-refractivity contribution in [3.63, 3.8) is 0 Å². The zero-order valence-corrected chi connectivity index (χ0v) is 22.9. The molecule has 0 radical (unpaired) electrons. The summed E-state index contributed by atoms with van der Waals surface area (Å²) in [5, 5.41) is 9.03. The molecule has 4 aliphatic heterocycles. The van der Waals surface area contributed by atoms with Gasteiger partial charge in [-0.05, 0) is 32.6 Å². The number of rotatable bonds is 11. The number of likely N-dealkylation sites (tertiary alicyclic amines) is 1. The predicted molar refractivity (Wildman–Crippen MR) is 143 cm³/mol. The Kier molecular flexibility index (Phi) is 8.87. The van der Waals surface area contributed by atoms with Crippen molar-refractivity contribution in [2.45, 2.75) is 87.8 Å². The number of aliphatic hydroxyl groups excluding tert-OH is 1. The number of unbranched alkanes of at least 4 members (excludes halogenated alkanes) is 3. The van der Waals surface area contributed by atoms with Gasteiger partial charge >= 0.3 is 0 Å². The molecule has 4 aliphatic rings. The summed E-state index contributed by atoms with van der Waals surface area (Å²) < 4.78 is -0.718. The normalized spacial score (nSPS) is 32.4. The van der Waals surface area contributed by atoms with Crippen LogP contribution >= 0.6 is 11.8 Å². The molecule has 0 bridgehead atoms. The average Bonchev–Trinajstić information content (AvgIpc) is 3.16. The van der Waals surface area contributed by atoms with Crippen molar-refractivity contribution < 1.29 is 19.5 Å². The number of hydrogen-bond donors (Lipinski definition) is 1. The van der Waals surface area contributed by atoms with Crippen LogP contribution < -0.4 is 0 Å². The monoisotopic (exact) mass is 517 g/mol. The maximum atomic E-state index is 14.2. The molecule has 0 aromatic carbocycles. The molecule has 4 rings (SSSR count). The topological polar surface area (TPSA) is 81.2 Å². The highest BCUT2D eigenvalue weighted by Gasteiger charge is 2.70. The maximum Gasteiger partial charge on any atom is 0.247 e. The Morgan fingerprint density at radius 1 is 1.00 bits per heavy atom. The summed E-state index contributed by atoms with van der Waals surface area (Å²) in [5.41, 5.74) is 0. The molecule has 4 heterocycles. The number of nitrogens with zero attached hydrogens (tertiary/aromatic N) is 3. The Labute approximate surface area is 220 Å². The highest BCUT2D eigenvalue weighted by Crippen LogP contribution is 2.61. The number of thioether (sulfide) groups is 1. The molecule has 3 amide bonds. The van der Waals surface area contributed by atoms with Crippen LogP contribution in [0.4, 0.5) is 0 Å². The summed E-state index contributed by atoms with van der Waals surface area (Å²) in [4.78, 5) is 47.9. The van der Waals surface area contributed by atoms with Gasteiger partial charge in [-0.15, -0.1) is 11.8 Å². The number of fused-ring (bicyclic) bond motifs is 2. The third-order valence-electron chi connectivity index (χ3n) is 8.31. The van der Waals surface area contributed by atoms with E-state index in [1.165, 1.54) is 0 Å². The molecule has 8 heteroatoms. The van der Waals surface area contributed by atoms with Crippen molar-refractivity contribution in [3.8, 4) is 0 Å². The van der Waals surface area contributed by atoms with Crippen molar-refractivity contribution in [2.24, 2.45) is 11.8 Å². The first-order valence-corrected chi connectivity index (χ1v) is 14.8. The van der Waals surface area contributed by atoms with Crippen LogP contribution in [-0.4, -0.2) is 92.4 Å². The van der Waals surface area contributed by atoms with Crippen molar-refractivity contribution in [3.05, 3.63) is 24.3 Å². The molecule has 7 nitrogen and oxygen atoms in total. The first-order valence-electron chi connectivity index (χ1n) is 13.9. The van der Waals surface area contributed by atoms with Crippen LogP contribution in [0.3, 0.4) is 0 Å². The lowest BCUT2D eigenvalue weighted by molar-refractivity contribution is -0.145. The van der Waals surface area contributed by atoms with Crippen LogP contribution in [-0.2, 0) is 14.4 Å². The summed E-state index contributed by atoms with van der Waals surface area (Å²) in [6.07, 6.45) is 14.5. The molecule has 2 saturated heterocycles. The van der Waals surface area contributed by atoms with Crippen molar-refractivity contribution in [2.75, 3.05) is 32.8 Å². The second-order valence-electron chi connectivity index (χ2n) is 10.8. The van der Waals surface area contributed by atoms with Gasteiger partial charge in [0.1, 0.15) is 6.04 Å². The molecule has 200 valence electrons. The lowest BCUT2D eigenvalue weighted by Crippen LogP contribution is -2.55. The number of aliphatic hydroxyl groups is 1. The van der Waals surface area contributed by atoms with E-state index in [0.717, 1.165) is 44.9 Å². The third kappa shape index (κ3) is 4.75. The fraction of sp³-hybridized carbons (Fsp3) is 0.750. The molecule has 0 aromatic heterocycles. The molecular formula is C28H43N3O4S. The van der Waals surface area contributed by atoms with Crippen LogP contribution in [0, 0.1) is 11.8 Å². The molecule has 6 atom stereocenters. The molecule has 2 fully saturated rings. The first kappa shape index (κ1) is 27.2. The van der Waals surface area contributed by atoms with E-state index < -0.39 is 22.6 Å². The molecule has 2 unspecified atom stereocenters. The molecule has 36 heavy (non-hydrogen) atoms. The average molecular weight is 518 g/mol. The Balaban J connectivity index is 1.71. The zero-order chi connectivity index (χ0) is 25.9. The summed E-state index contributed by atoms with van der Waals surface area (Å²) in [5.74, 6) is -0.916. The fourth-order valence-corrected chi connectivity index (χ4v) is 8.64. The van der Waals surface area contributed by atoms with E-state index in [2.05, 4.69) is 45.1 Å². The van der Waals surface area contributed by atoms with E-state index in [0.29, 0.717) is 26.2 Å². The van der Waals surface area contributed by atoms with Crippen LogP contribution in [0.25, 0.3) is 0 Å². The molecule has 0 aromatic rings. The van der Waals surface area contributed by atoms with Crippen molar-refractivity contribution >= 4 is 29.5 Å². The highest BCUT2D eigenvalue weighted by molar-refractivity contribution is 8.02. The van der Waals surface area contributed by atoms with Gasteiger partial charge in [0, 0.05) is 44.1 Å². The van der Waals surface area contributed by atoms with Crippen LogP contribution in [0.1, 0.15) is 65.7 Å². The SMILES string of the molecule is CCCC(C)N1CC=C[C@]23S[C@H]4C=CCN(CCC)C(=O)[C@H]4[C@H]2C(=O)N(CCCCCCO)C3C1=O. The quantitative estimate of drug-likeness (QED) is 0.336. The molecule has 1 spiro atoms.